The third-order valence-electron chi connectivity index (χ3n) is 7.83. The average Bonchev–Trinajstić information content (AvgIpc) is 2.87. The third kappa shape index (κ3) is 4.70. The highest BCUT2D eigenvalue weighted by Crippen LogP contribution is 2.48. The minimum absolute atomic E-state index is 0.0337. The fourth-order valence-electron chi connectivity index (χ4n) is 5.69. The lowest BCUT2D eigenvalue weighted by Crippen LogP contribution is -2.51. The van der Waals surface area contributed by atoms with Crippen molar-refractivity contribution in [1.82, 2.24) is 0 Å². The lowest BCUT2D eigenvalue weighted by molar-refractivity contribution is -0.198. The average molecular weight is 510 g/mol. The van der Waals surface area contributed by atoms with Gasteiger partial charge in [-0.3, -0.25) is 9.59 Å². The largest absolute Gasteiger partial charge is 0.507 e. The number of carbonyl (C=O) groups excluding carboxylic acids is 2. The van der Waals surface area contributed by atoms with Crippen molar-refractivity contribution in [3.8, 4) is 11.5 Å². The molecule has 2 aromatic rings. The summed E-state index contributed by atoms with van der Waals surface area (Å²) in [4.78, 5) is 25.2. The number of ether oxygens (including phenoxy) is 2. The number of hydrogen-bond donors (Lipinski definition) is 4. The Hall–Kier alpha value is -3.04. The number of ketones is 2. The van der Waals surface area contributed by atoms with Gasteiger partial charge in [-0.25, -0.2) is 0 Å². The number of phenolic OH excluding ortho intramolecular Hbond substituents is 1. The Balaban J connectivity index is 0.000000270. The first kappa shape index (κ1) is 27.0. The van der Waals surface area contributed by atoms with E-state index >= 15 is 0 Å². The number of Topliss-reactive ketones (excluding diaryl/α,β-unsaturated/α-hetero) is 1. The number of aliphatic hydroxyl groups is 2. The molecule has 8 heteroatoms. The molecule has 0 bridgehead atoms. The summed E-state index contributed by atoms with van der Waals surface area (Å²) in [6.45, 7) is 9.49. The van der Waals surface area contributed by atoms with Crippen LogP contribution in [0.15, 0.2) is 24.8 Å². The van der Waals surface area contributed by atoms with Crippen LogP contribution in [0.3, 0.4) is 0 Å². The molecule has 2 aliphatic carbocycles. The molecule has 5 rings (SSSR count). The quantitative estimate of drug-likeness (QED) is 0.414. The van der Waals surface area contributed by atoms with Gasteiger partial charge in [-0.1, -0.05) is 18.7 Å². The van der Waals surface area contributed by atoms with E-state index < -0.39 is 12.4 Å². The van der Waals surface area contributed by atoms with Gasteiger partial charge in [0.15, 0.2) is 6.29 Å². The van der Waals surface area contributed by atoms with Gasteiger partial charge in [0, 0.05) is 18.4 Å². The molecule has 0 spiro atoms. The first-order chi connectivity index (χ1) is 17.5. The Morgan fingerprint density at radius 2 is 1.89 bits per heavy atom. The smallest absolute Gasteiger partial charge is 0.201 e. The molecule has 1 saturated heterocycles. The maximum atomic E-state index is 13.3. The van der Waals surface area contributed by atoms with Crippen LogP contribution in [0.1, 0.15) is 70.4 Å². The van der Waals surface area contributed by atoms with Crippen LogP contribution in [-0.2, 0) is 22.4 Å². The first-order valence-corrected chi connectivity index (χ1v) is 12.5. The molecule has 5 unspecified atom stereocenters. The molecule has 8 nitrogen and oxygen atoms in total. The van der Waals surface area contributed by atoms with Gasteiger partial charge in [-0.2, -0.15) is 0 Å². The van der Waals surface area contributed by atoms with E-state index in [1.54, 1.807) is 19.9 Å². The number of carbonyl (C=O) groups is 2. The topological polar surface area (TPSA) is 139 Å². The molecule has 1 fully saturated rings. The number of rotatable bonds is 2. The maximum absolute atomic E-state index is 13.3. The van der Waals surface area contributed by atoms with E-state index in [0.29, 0.717) is 53.7 Å². The molecule has 3 aliphatic rings. The third-order valence-corrected chi connectivity index (χ3v) is 7.83. The summed E-state index contributed by atoms with van der Waals surface area (Å²) >= 11 is 0. The lowest BCUT2D eigenvalue weighted by atomic mass is 9.72. The lowest BCUT2D eigenvalue weighted by Gasteiger charge is -2.33. The van der Waals surface area contributed by atoms with Crippen LogP contribution in [0.4, 0.5) is 0 Å². The highest BCUT2D eigenvalue weighted by atomic mass is 16.6. The van der Waals surface area contributed by atoms with Gasteiger partial charge in [-0.05, 0) is 79.5 Å². The minimum Gasteiger partial charge on any atom is -0.507 e. The highest BCUT2D eigenvalue weighted by Gasteiger charge is 2.37. The van der Waals surface area contributed by atoms with Crippen LogP contribution in [-0.4, -0.2) is 58.5 Å². The van der Waals surface area contributed by atoms with Gasteiger partial charge >= 0.3 is 0 Å². The molecule has 0 aromatic heterocycles. The predicted octanol–water partition coefficient (Wildman–Crippen LogP) is 2.81. The molecule has 198 valence electrons. The van der Waals surface area contributed by atoms with Crippen molar-refractivity contribution in [2.75, 3.05) is 7.11 Å². The van der Waals surface area contributed by atoms with E-state index in [-0.39, 0.29) is 35.4 Å². The molecule has 0 amide bonds. The van der Waals surface area contributed by atoms with E-state index in [1.807, 2.05) is 19.1 Å². The van der Waals surface area contributed by atoms with Crippen LogP contribution in [0.5, 0.6) is 11.5 Å². The molecule has 0 saturated carbocycles. The van der Waals surface area contributed by atoms with Crippen molar-refractivity contribution < 1.29 is 34.4 Å². The van der Waals surface area contributed by atoms with E-state index in [2.05, 4.69) is 6.58 Å². The zero-order valence-electron chi connectivity index (χ0n) is 21.7. The second-order valence-electron chi connectivity index (χ2n) is 10.1. The van der Waals surface area contributed by atoms with Crippen molar-refractivity contribution in [3.63, 3.8) is 0 Å². The fraction of sp³-hybridized carbons (Fsp3) is 0.448. The summed E-state index contributed by atoms with van der Waals surface area (Å²) in [5.74, 6) is 0.420. The Morgan fingerprint density at radius 1 is 1.19 bits per heavy atom. The Kier molecular flexibility index (Phi) is 7.57. The SMILES string of the molecule is C=C1c2cccc(OC)c2C(=O)c2c(O)c3c(c(C)c21)CC(C(C)=O)CC3.CC1OC(O)CC(N)C1O. The van der Waals surface area contributed by atoms with Crippen molar-refractivity contribution in [2.24, 2.45) is 11.7 Å². The zero-order valence-corrected chi connectivity index (χ0v) is 21.7. The van der Waals surface area contributed by atoms with Crippen molar-refractivity contribution >= 4 is 17.1 Å². The highest BCUT2D eigenvalue weighted by molar-refractivity contribution is 6.22. The van der Waals surface area contributed by atoms with Gasteiger partial charge in [0.2, 0.25) is 5.78 Å². The summed E-state index contributed by atoms with van der Waals surface area (Å²) in [7, 11) is 1.53. The molecular formula is C29H35NO7. The first-order valence-electron chi connectivity index (χ1n) is 12.5. The van der Waals surface area contributed by atoms with Crippen LogP contribution >= 0.6 is 0 Å². The summed E-state index contributed by atoms with van der Waals surface area (Å²) in [6.07, 6.45) is 0.381. The Bertz CT molecular complexity index is 1260. The number of phenols is 1. The normalized spacial score (nSPS) is 26.3. The monoisotopic (exact) mass is 509 g/mol. The van der Waals surface area contributed by atoms with Crippen LogP contribution in [0.25, 0.3) is 5.57 Å². The number of benzene rings is 2. The second kappa shape index (κ2) is 10.4. The van der Waals surface area contributed by atoms with Crippen molar-refractivity contribution in [2.45, 2.75) is 71.0 Å². The van der Waals surface area contributed by atoms with Crippen LogP contribution in [0.2, 0.25) is 0 Å². The summed E-state index contributed by atoms with van der Waals surface area (Å²) < 4.78 is 10.3. The predicted molar refractivity (Wildman–Crippen MR) is 139 cm³/mol. The van der Waals surface area contributed by atoms with Crippen LogP contribution < -0.4 is 10.5 Å². The number of methoxy groups -OCH3 is 1. The number of nitrogens with two attached hydrogens (primary N) is 1. The zero-order chi connectivity index (χ0) is 27.2. The molecule has 5 N–H and O–H groups in total. The maximum Gasteiger partial charge on any atom is 0.201 e. The Morgan fingerprint density at radius 3 is 2.51 bits per heavy atom. The standard InChI is InChI=1S/C23H22O4.C6H13NO3/c1-11-15-6-5-7-18(27-4)20(15)23(26)21-19(11)12(2)17-10-14(13(3)24)8-9-16(17)22(21)25;1-3-6(9)4(7)2-5(8)10-3/h5-7,14,25H,1,8-10H2,2-4H3;3-6,8-9H,2,7H2,1H3. The van der Waals surface area contributed by atoms with Gasteiger partial charge in [0.05, 0.1) is 30.4 Å². The van der Waals surface area contributed by atoms with Crippen LogP contribution in [0, 0.1) is 12.8 Å². The molecule has 1 heterocycles. The summed E-state index contributed by atoms with van der Waals surface area (Å²) in [6, 6.07) is 5.07. The number of hydrogen-bond acceptors (Lipinski definition) is 8. The molecular weight excluding hydrogens is 474 g/mol. The van der Waals surface area contributed by atoms with Gasteiger partial charge in [-0.15, -0.1) is 0 Å². The van der Waals surface area contributed by atoms with E-state index in [1.165, 1.54) is 7.11 Å². The van der Waals surface area contributed by atoms with E-state index in [9.17, 15) is 19.8 Å². The van der Waals surface area contributed by atoms with E-state index in [0.717, 1.165) is 22.3 Å². The number of fused-ring (bicyclic) bond motifs is 3. The van der Waals surface area contributed by atoms with Gasteiger partial charge in [0.1, 0.15) is 17.3 Å². The van der Waals surface area contributed by atoms with Gasteiger partial charge in [0.25, 0.3) is 0 Å². The summed E-state index contributed by atoms with van der Waals surface area (Å²) in [5, 5.41) is 29.2. The molecule has 37 heavy (non-hydrogen) atoms. The molecule has 1 aliphatic heterocycles. The molecule has 0 radical (unpaired) electrons. The van der Waals surface area contributed by atoms with Crippen molar-refractivity contribution in [3.05, 3.63) is 63.7 Å². The van der Waals surface area contributed by atoms with Crippen molar-refractivity contribution in [1.29, 1.82) is 0 Å². The fourth-order valence-corrected chi connectivity index (χ4v) is 5.69. The van der Waals surface area contributed by atoms with Gasteiger partial charge < -0.3 is 30.5 Å². The second-order valence-corrected chi connectivity index (χ2v) is 10.1. The number of aromatic hydroxyl groups is 1. The minimum atomic E-state index is -0.812. The van der Waals surface area contributed by atoms with E-state index in [4.69, 9.17) is 20.3 Å². The molecule has 2 aromatic carbocycles. The summed E-state index contributed by atoms with van der Waals surface area (Å²) in [5.41, 5.74) is 11.1. The molecule has 5 atom stereocenters. The Labute approximate surface area is 216 Å². The number of aliphatic hydroxyl groups excluding tert-OH is 2.